The van der Waals surface area contributed by atoms with E-state index in [1.807, 2.05) is 6.07 Å². The maximum atomic E-state index is 12.3. The zero-order valence-electron chi connectivity index (χ0n) is 15.3. The minimum Gasteiger partial charge on any atom is -0.508 e. The number of methoxy groups -OCH3 is 1. The summed E-state index contributed by atoms with van der Waals surface area (Å²) in [5.74, 6) is 1.01. The average molecular weight is 344 g/mol. The van der Waals surface area contributed by atoms with Crippen LogP contribution in [0.2, 0.25) is 0 Å². The van der Waals surface area contributed by atoms with E-state index in [0.29, 0.717) is 24.0 Å². The van der Waals surface area contributed by atoms with Crippen LogP contribution in [0.15, 0.2) is 12.1 Å². The SMILES string of the molecule is COC(=O)[C@H]1CC[C@H]2[C@@H]3CCc4c(O)ccc(C)c4[C@H]3[C@@H](O)C[C@]12C. The minimum atomic E-state index is -0.476. The number of aliphatic hydroxyl groups excluding tert-OH is 1. The number of phenols is 1. The predicted octanol–water partition coefficient (Wildman–Crippen LogP) is 3.32. The summed E-state index contributed by atoms with van der Waals surface area (Å²) in [4.78, 5) is 12.3. The van der Waals surface area contributed by atoms with Crippen molar-refractivity contribution in [2.45, 2.75) is 58.0 Å². The first-order valence-corrected chi connectivity index (χ1v) is 9.45. The Morgan fingerprint density at radius 1 is 1.28 bits per heavy atom. The lowest BCUT2D eigenvalue weighted by Crippen LogP contribution is -2.50. The van der Waals surface area contributed by atoms with Gasteiger partial charge in [0.15, 0.2) is 0 Å². The maximum absolute atomic E-state index is 12.3. The van der Waals surface area contributed by atoms with Crippen molar-refractivity contribution in [3.63, 3.8) is 0 Å². The molecule has 0 heterocycles. The van der Waals surface area contributed by atoms with Gasteiger partial charge in [-0.3, -0.25) is 4.79 Å². The molecule has 4 heteroatoms. The first-order valence-electron chi connectivity index (χ1n) is 9.45. The van der Waals surface area contributed by atoms with E-state index in [0.717, 1.165) is 42.4 Å². The number of aryl methyl sites for hydroxylation is 1. The molecule has 0 aromatic heterocycles. The van der Waals surface area contributed by atoms with Crippen LogP contribution >= 0.6 is 0 Å². The molecule has 0 unspecified atom stereocenters. The van der Waals surface area contributed by atoms with Crippen LogP contribution in [0.1, 0.15) is 55.2 Å². The number of phenolic OH excluding ortho intramolecular Hbond substituents is 1. The quantitative estimate of drug-likeness (QED) is 0.767. The number of hydrogen-bond acceptors (Lipinski definition) is 4. The Hall–Kier alpha value is -1.55. The highest BCUT2D eigenvalue weighted by molar-refractivity contribution is 5.74. The van der Waals surface area contributed by atoms with Crippen LogP contribution < -0.4 is 0 Å². The van der Waals surface area contributed by atoms with Gasteiger partial charge in [-0.2, -0.15) is 0 Å². The fraction of sp³-hybridized carbons (Fsp3) is 0.667. The van der Waals surface area contributed by atoms with Crippen LogP contribution in [0.25, 0.3) is 0 Å². The molecule has 3 aliphatic carbocycles. The standard InChI is InChI=1S/C21H28O4/c1-11-4-9-16(22)13-6-5-12-14-7-8-15(20(24)25-3)21(14,2)10-17(23)19(12)18(11)13/h4,9,12,14-15,17,19,22-23H,5-8,10H2,1-3H3/t12-,14-,15+,17-,19+,21-/m0/s1. The van der Waals surface area contributed by atoms with Crippen molar-refractivity contribution in [3.05, 3.63) is 28.8 Å². The van der Waals surface area contributed by atoms with Gasteiger partial charge < -0.3 is 14.9 Å². The normalized spacial score (nSPS) is 39.3. The number of aromatic hydroxyl groups is 1. The van der Waals surface area contributed by atoms with Crippen molar-refractivity contribution in [2.75, 3.05) is 7.11 Å². The Morgan fingerprint density at radius 3 is 2.76 bits per heavy atom. The van der Waals surface area contributed by atoms with Crippen LogP contribution in [0, 0.1) is 30.1 Å². The second-order valence-electron chi connectivity index (χ2n) is 8.56. The Labute approximate surface area is 149 Å². The number of ether oxygens (including phenoxy) is 1. The van der Waals surface area contributed by atoms with E-state index < -0.39 is 6.10 Å². The van der Waals surface area contributed by atoms with Gasteiger partial charge in [0, 0.05) is 5.92 Å². The molecule has 4 nitrogen and oxygen atoms in total. The summed E-state index contributed by atoms with van der Waals surface area (Å²) in [6.07, 6.45) is 3.86. The van der Waals surface area contributed by atoms with Gasteiger partial charge >= 0.3 is 5.97 Å². The zero-order valence-corrected chi connectivity index (χ0v) is 15.3. The van der Waals surface area contributed by atoms with Crippen LogP contribution in [0.3, 0.4) is 0 Å². The van der Waals surface area contributed by atoms with Crippen molar-refractivity contribution in [1.82, 2.24) is 0 Å². The molecule has 6 atom stereocenters. The lowest BCUT2D eigenvalue weighted by molar-refractivity contribution is -0.153. The number of aliphatic hydroxyl groups is 1. The number of carbonyl (C=O) groups is 1. The molecule has 3 aliphatic rings. The molecule has 0 aliphatic heterocycles. The fourth-order valence-corrected chi connectivity index (χ4v) is 6.50. The van der Waals surface area contributed by atoms with Crippen LogP contribution in [-0.4, -0.2) is 29.4 Å². The molecule has 2 saturated carbocycles. The highest BCUT2D eigenvalue weighted by atomic mass is 16.5. The van der Waals surface area contributed by atoms with Crippen LogP contribution in [-0.2, 0) is 16.0 Å². The smallest absolute Gasteiger partial charge is 0.309 e. The molecule has 0 radical (unpaired) electrons. The molecule has 2 N–H and O–H groups in total. The largest absolute Gasteiger partial charge is 0.508 e. The van der Waals surface area contributed by atoms with E-state index >= 15 is 0 Å². The van der Waals surface area contributed by atoms with Crippen molar-refractivity contribution < 1.29 is 19.7 Å². The molecule has 0 bridgehead atoms. The summed E-state index contributed by atoms with van der Waals surface area (Å²) in [5, 5.41) is 21.4. The Bertz CT molecular complexity index is 712. The van der Waals surface area contributed by atoms with Gasteiger partial charge in [-0.1, -0.05) is 13.0 Å². The first kappa shape index (κ1) is 16.9. The highest BCUT2D eigenvalue weighted by Gasteiger charge is 2.59. The maximum Gasteiger partial charge on any atom is 0.309 e. The molecule has 0 saturated heterocycles. The molecule has 25 heavy (non-hydrogen) atoms. The van der Waals surface area contributed by atoms with E-state index in [1.165, 1.54) is 7.11 Å². The van der Waals surface area contributed by atoms with E-state index in [-0.39, 0.29) is 23.2 Å². The summed E-state index contributed by atoms with van der Waals surface area (Å²) >= 11 is 0. The van der Waals surface area contributed by atoms with Crippen molar-refractivity contribution in [2.24, 2.45) is 23.2 Å². The van der Waals surface area contributed by atoms with E-state index in [2.05, 4.69) is 13.8 Å². The topological polar surface area (TPSA) is 66.8 Å². The molecule has 2 fully saturated rings. The van der Waals surface area contributed by atoms with Crippen molar-refractivity contribution >= 4 is 5.97 Å². The molecular weight excluding hydrogens is 316 g/mol. The lowest BCUT2D eigenvalue weighted by Gasteiger charge is -2.53. The monoisotopic (exact) mass is 344 g/mol. The van der Waals surface area contributed by atoms with Gasteiger partial charge in [0.05, 0.1) is 19.1 Å². The van der Waals surface area contributed by atoms with Crippen LogP contribution in [0.5, 0.6) is 5.75 Å². The summed E-state index contributed by atoms with van der Waals surface area (Å²) in [5.41, 5.74) is 3.15. The van der Waals surface area contributed by atoms with Gasteiger partial charge in [-0.05, 0) is 79.0 Å². The molecule has 136 valence electrons. The second-order valence-corrected chi connectivity index (χ2v) is 8.56. The average Bonchev–Trinajstić information content (AvgIpc) is 2.93. The van der Waals surface area contributed by atoms with E-state index in [4.69, 9.17) is 4.74 Å². The number of esters is 1. The van der Waals surface area contributed by atoms with Gasteiger partial charge in [0.1, 0.15) is 5.75 Å². The number of carbonyl (C=O) groups excluding carboxylic acids is 1. The predicted molar refractivity (Wildman–Crippen MR) is 94.4 cm³/mol. The number of hydrogen-bond donors (Lipinski definition) is 2. The number of fused-ring (bicyclic) bond motifs is 5. The fourth-order valence-electron chi connectivity index (χ4n) is 6.50. The zero-order chi connectivity index (χ0) is 17.9. The Morgan fingerprint density at radius 2 is 2.04 bits per heavy atom. The molecular formula is C21H28O4. The molecule has 1 aromatic carbocycles. The molecule has 1 aromatic rings. The Kier molecular flexibility index (Phi) is 3.87. The molecule has 0 spiro atoms. The third-order valence-electron chi connectivity index (χ3n) is 7.55. The third kappa shape index (κ3) is 2.26. The number of rotatable bonds is 1. The summed E-state index contributed by atoms with van der Waals surface area (Å²) in [6, 6.07) is 3.74. The van der Waals surface area contributed by atoms with Gasteiger partial charge in [-0.15, -0.1) is 0 Å². The minimum absolute atomic E-state index is 0.0744. The van der Waals surface area contributed by atoms with E-state index in [1.54, 1.807) is 6.07 Å². The van der Waals surface area contributed by atoms with Crippen LogP contribution in [0.4, 0.5) is 0 Å². The number of benzene rings is 1. The third-order valence-corrected chi connectivity index (χ3v) is 7.55. The Balaban J connectivity index is 1.76. The second kappa shape index (κ2) is 5.73. The lowest BCUT2D eigenvalue weighted by atomic mass is 9.53. The van der Waals surface area contributed by atoms with Crippen molar-refractivity contribution in [1.29, 1.82) is 0 Å². The van der Waals surface area contributed by atoms with Crippen molar-refractivity contribution in [3.8, 4) is 5.75 Å². The van der Waals surface area contributed by atoms with E-state index in [9.17, 15) is 15.0 Å². The molecule has 4 rings (SSSR count). The van der Waals surface area contributed by atoms with Gasteiger partial charge in [0.2, 0.25) is 0 Å². The summed E-state index contributed by atoms with van der Waals surface area (Å²) in [7, 11) is 1.46. The first-order chi connectivity index (χ1) is 11.9. The molecule has 0 amide bonds. The summed E-state index contributed by atoms with van der Waals surface area (Å²) < 4.78 is 5.06. The van der Waals surface area contributed by atoms with Gasteiger partial charge in [-0.25, -0.2) is 0 Å². The summed E-state index contributed by atoms with van der Waals surface area (Å²) in [6.45, 7) is 4.25. The highest BCUT2D eigenvalue weighted by Crippen LogP contribution is 2.63. The van der Waals surface area contributed by atoms with Gasteiger partial charge in [0.25, 0.3) is 0 Å².